The fourth-order valence-corrected chi connectivity index (χ4v) is 4.65. The molecule has 1 aromatic heterocycles. The minimum Gasteiger partial charge on any atom is -0.485 e. The zero-order valence-corrected chi connectivity index (χ0v) is 17.3. The lowest BCUT2D eigenvalue weighted by molar-refractivity contribution is 0.0674. The van der Waals surface area contributed by atoms with E-state index in [0.717, 1.165) is 30.8 Å². The number of ether oxygens (including phenoxy) is 1. The molecule has 1 aliphatic carbocycles. The minimum atomic E-state index is -3.73. The quantitative estimate of drug-likeness (QED) is 0.739. The van der Waals surface area contributed by atoms with Crippen LogP contribution in [0.3, 0.4) is 0 Å². The molecule has 9 heteroatoms. The molecular weight excluding hydrogens is 394 g/mol. The number of likely N-dealkylation sites (N-methyl/N-ethyl adjacent to an activating group) is 2. The Morgan fingerprint density at radius 3 is 2.72 bits per heavy atom. The van der Waals surface area contributed by atoms with Crippen molar-refractivity contribution in [1.29, 1.82) is 0 Å². The fraction of sp³-hybridized carbons (Fsp3) is 0.450. The Kier molecular flexibility index (Phi) is 5.26. The van der Waals surface area contributed by atoms with Crippen LogP contribution < -0.4 is 14.4 Å². The van der Waals surface area contributed by atoms with E-state index in [0.29, 0.717) is 13.1 Å². The standard InChI is InChI=1S/C20H25N3O5S/c1-3-23-13-15(27-17-7-5-4-6-16(17)23)12-22(2)20(24)18-10-11-19(28-18)29(25,26)21-14-8-9-14/h4-7,10-11,14-15,21H,3,8-9,12-13H2,1-2H3. The van der Waals surface area contributed by atoms with Gasteiger partial charge < -0.3 is 19.0 Å². The number of amides is 1. The average Bonchev–Trinajstić information content (AvgIpc) is 3.35. The highest BCUT2D eigenvalue weighted by Gasteiger charge is 2.31. The van der Waals surface area contributed by atoms with Gasteiger partial charge in [0.15, 0.2) is 5.76 Å². The van der Waals surface area contributed by atoms with E-state index >= 15 is 0 Å². The summed E-state index contributed by atoms with van der Waals surface area (Å²) in [6.07, 6.45) is 1.45. The number of carbonyl (C=O) groups excluding carboxylic acids is 1. The molecule has 1 amide bonds. The summed E-state index contributed by atoms with van der Waals surface area (Å²) in [4.78, 5) is 16.4. The molecule has 4 rings (SSSR count). The maximum absolute atomic E-state index is 12.7. The van der Waals surface area contributed by atoms with Crippen molar-refractivity contribution >= 4 is 21.6 Å². The number of hydrogen-bond donors (Lipinski definition) is 1. The third-order valence-corrected chi connectivity index (χ3v) is 6.48. The summed E-state index contributed by atoms with van der Waals surface area (Å²) < 4.78 is 38.4. The van der Waals surface area contributed by atoms with E-state index in [1.807, 2.05) is 24.3 Å². The van der Waals surface area contributed by atoms with Crippen LogP contribution in [0.5, 0.6) is 5.75 Å². The second-order valence-electron chi connectivity index (χ2n) is 7.45. The number of anilines is 1. The first-order chi connectivity index (χ1) is 13.9. The van der Waals surface area contributed by atoms with E-state index in [1.54, 1.807) is 7.05 Å². The lowest BCUT2D eigenvalue weighted by Gasteiger charge is -2.37. The Morgan fingerprint density at radius 2 is 2.00 bits per heavy atom. The molecule has 0 spiro atoms. The molecule has 0 saturated heterocycles. The molecule has 1 aliphatic heterocycles. The predicted molar refractivity (Wildman–Crippen MR) is 108 cm³/mol. The van der Waals surface area contributed by atoms with Crippen molar-refractivity contribution in [3.05, 3.63) is 42.2 Å². The molecule has 156 valence electrons. The SMILES string of the molecule is CCN1CC(CN(C)C(=O)c2ccc(S(=O)(=O)NC3CC3)o2)Oc2ccccc21. The van der Waals surface area contributed by atoms with Crippen LogP contribution in [-0.2, 0) is 10.0 Å². The van der Waals surface area contributed by atoms with Crippen LogP contribution in [0.25, 0.3) is 0 Å². The molecule has 0 bridgehead atoms. The smallest absolute Gasteiger partial charge is 0.289 e. The van der Waals surface area contributed by atoms with Gasteiger partial charge in [0.2, 0.25) is 5.09 Å². The lowest BCUT2D eigenvalue weighted by atomic mass is 10.2. The van der Waals surface area contributed by atoms with Crippen molar-refractivity contribution < 1.29 is 22.4 Å². The van der Waals surface area contributed by atoms with E-state index in [-0.39, 0.29) is 28.9 Å². The van der Waals surface area contributed by atoms with Crippen molar-refractivity contribution in [1.82, 2.24) is 9.62 Å². The molecule has 29 heavy (non-hydrogen) atoms. The zero-order chi connectivity index (χ0) is 20.6. The van der Waals surface area contributed by atoms with Crippen LogP contribution in [-0.4, -0.2) is 58.1 Å². The van der Waals surface area contributed by atoms with Crippen LogP contribution in [0.2, 0.25) is 0 Å². The summed E-state index contributed by atoms with van der Waals surface area (Å²) in [5.74, 6) is 0.402. The molecule has 1 fully saturated rings. The molecule has 1 atom stereocenters. The van der Waals surface area contributed by atoms with Gasteiger partial charge in [-0.3, -0.25) is 4.79 Å². The van der Waals surface area contributed by atoms with Gasteiger partial charge in [-0.1, -0.05) is 12.1 Å². The molecule has 1 N–H and O–H groups in total. The number of fused-ring (bicyclic) bond motifs is 1. The first-order valence-corrected chi connectivity index (χ1v) is 11.2. The molecule has 1 unspecified atom stereocenters. The summed E-state index contributed by atoms with van der Waals surface area (Å²) in [5.41, 5.74) is 1.05. The van der Waals surface area contributed by atoms with Crippen molar-refractivity contribution in [3.8, 4) is 5.75 Å². The number of rotatable bonds is 7. The van der Waals surface area contributed by atoms with Crippen LogP contribution in [0, 0.1) is 0 Å². The maximum atomic E-state index is 12.7. The van der Waals surface area contributed by atoms with Crippen molar-refractivity contribution in [2.24, 2.45) is 0 Å². The number of para-hydroxylation sites is 2. The van der Waals surface area contributed by atoms with Crippen molar-refractivity contribution in [2.45, 2.75) is 37.0 Å². The number of hydrogen-bond acceptors (Lipinski definition) is 6. The van der Waals surface area contributed by atoms with Crippen molar-refractivity contribution in [2.75, 3.05) is 31.6 Å². The van der Waals surface area contributed by atoms with Gasteiger partial charge in [0.25, 0.3) is 15.9 Å². The Hall–Kier alpha value is -2.52. The van der Waals surface area contributed by atoms with Gasteiger partial charge in [-0.2, -0.15) is 0 Å². The van der Waals surface area contributed by atoms with Gasteiger partial charge in [0, 0.05) is 19.6 Å². The summed E-state index contributed by atoms with van der Waals surface area (Å²) in [6.45, 7) is 3.93. The number of sulfonamides is 1. The van der Waals surface area contributed by atoms with Gasteiger partial charge in [-0.15, -0.1) is 0 Å². The molecule has 8 nitrogen and oxygen atoms in total. The first-order valence-electron chi connectivity index (χ1n) is 9.75. The highest BCUT2D eigenvalue weighted by atomic mass is 32.2. The van der Waals surface area contributed by atoms with E-state index in [4.69, 9.17) is 9.15 Å². The Morgan fingerprint density at radius 1 is 1.24 bits per heavy atom. The predicted octanol–water partition coefficient (Wildman–Crippen LogP) is 2.08. The van der Waals surface area contributed by atoms with E-state index in [9.17, 15) is 13.2 Å². The molecule has 1 aromatic carbocycles. The van der Waals surface area contributed by atoms with Crippen LogP contribution in [0.1, 0.15) is 30.3 Å². The van der Waals surface area contributed by atoms with Gasteiger partial charge in [-0.05, 0) is 44.0 Å². The van der Waals surface area contributed by atoms with Crippen molar-refractivity contribution in [3.63, 3.8) is 0 Å². The molecular formula is C20H25N3O5S. The van der Waals surface area contributed by atoms with E-state index < -0.39 is 10.0 Å². The number of furan rings is 1. The largest absolute Gasteiger partial charge is 0.485 e. The minimum absolute atomic E-state index is 0.00720. The van der Waals surface area contributed by atoms with Gasteiger partial charge in [0.1, 0.15) is 11.9 Å². The number of benzene rings is 1. The molecule has 1 saturated carbocycles. The summed E-state index contributed by atoms with van der Waals surface area (Å²) in [6, 6.07) is 10.5. The molecule has 2 heterocycles. The summed E-state index contributed by atoms with van der Waals surface area (Å²) >= 11 is 0. The molecule has 2 aromatic rings. The van der Waals surface area contributed by atoms with Crippen LogP contribution >= 0.6 is 0 Å². The normalized spacial score (nSPS) is 18.8. The summed E-state index contributed by atoms with van der Waals surface area (Å²) in [7, 11) is -2.07. The number of nitrogens with zero attached hydrogens (tertiary/aromatic N) is 2. The number of nitrogens with one attached hydrogen (secondary N) is 1. The van der Waals surface area contributed by atoms with E-state index in [2.05, 4.69) is 16.5 Å². The number of carbonyl (C=O) groups is 1. The second kappa shape index (κ2) is 7.72. The first kappa shape index (κ1) is 19.8. The van der Waals surface area contributed by atoms with Gasteiger partial charge >= 0.3 is 0 Å². The fourth-order valence-electron chi connectivity index (χ4n) is 3.41. The Labute approximate surface area is 170 Å². The second-order valence-corrected chi connectivity index (χ2v) is 9.09. The van der Waals surface area contributed by atoms with Gasteiger partial charge in [0.05, 0.1) is 18.8 Å². The van der Waals surface area contributed by atoms with E-state index in [1.165, 1.54) is 17.0 Å². The molecule has 0 radical (unpaired) electrons. The Balaban J connectivity index is 1.42. The summed E-state index contributed by atoms with van der Waals surface area (Å²) in [5, 5.41) is -0.235. The topological polar surface area (TPSA) is 92.1 Å². The average molecular weight is 420 g/mol. The third kappa shape index (κ3) is 4.25. The maximum Gasteiger partial charge on any atom is 0.289 e. The lowest BCUT2D eigenvalue weighted by Crippen LogP contribution is -2.46. The monoisotopic (exact) mass is 419 g/mol. The highest BCUT2D eigenvalue weighted by molar-refractivity contribution is 7.89. The Bertz CT molecular complexity index is 999. The van der Waals surface area contributed by atoms with Gasteiger partial charge in [-0.25, -0.2) is 13.1 Å². The highest BCUT2D eigenvalue weighted by Crippen LogP contribution is 2.33. The molecule has 2 aliphatic rings. The zero-order valence-electron chi connectivity index (χ0n) is 16.5. The third-order valence-electron chi connectivity index (χ3n) is 5.09. The van der Waals surface area contributed by atoms with Crippen LogP contribution in [0.4, 0.5) is 5.69 Å². The van der Waals surface area contributed by atoms with Crippen LogP contribution in [0.15, 0.2) is 45.9 Å².